The second-order valence-corrected chi connectivity index (χ2v) is 9.60. The minimum atomic E-state index is -0.780. The molecule has 1 atom stereocenters. The monoisotopic (exact) mass is 592 g/mol. The topological polar surface area (TPSA) is 137 Å². The number of rotatable bonds is 11. The van der Waals surface area contributed by atoms with E-state index in [2.05, 4.69) is 21.2 Å². The molecule has 1 aliphatic rings. The zero-order chi connectivity index (χ0) is 29.4. The van der Waals surface area contributed by atoms with Crippen molar-refractivity contribution in [1.82, 2.24) is 16.1 Å². The van der Waals surface area contributed by atoms with E-state index in [4.69, 9.17) is 42.1 Å². The highest BCUT2D eigenvalue weighted by Crippen LogP contribution is 2.35. The van der Waals surface area contributed by atoms with Gasteiger partial charge in [-0.1, -0.05) is 29.3 Å². The SMILES string of the molecule is CCOC(=O)C1=C(C)NC(=O)N[C@@H]1c1ccc(OCC(=O)N/N=C/c2cc(Cl)cc(Cl)c2OC(C)C)c(OC)c1. The molecule has 0 fully saturated rings. The number of allylic oxidation sites excluding steroid dienone is 1. The van der Waals surface area contributed by atoms with Gasteiger partial charge in [0.2, 0.25) is 0 Å². The highest BCUT2D eigenvalue weighted by molar-refractivity contribution is 6.36. The largest absolute Gasteiger partial charge is 0.493 e. The van der Waals surface area contributed by atoms with E-state index in [-0.39, 0.29) is 36.4 Å². The highest BCUT2D eigenvalue weighted by Gasteiger charge is 2.32. The zero-order valence-electron chi connectivity index (χ0n) is 22.6. The van der Waals surface area contributed by atoms with E-state index in [1.54, 1.807) is 44.2 Å². The number of nitrogens with zero attached hydrogens (tertiary/aromatic N) is 1. The summed E-state index contributed by atoms with van der Waals surface area (Å²) in [4.78, 5) is 37.1. The lowest BCUT2D eigenvalue weighted by molar-refractivity contribution is -0.139. The van der Waals surface area contributed by atoms with E-state index in [0.29, 0.717) is 32.6 Å². The Morgan fingerprint density at radius 3 is 2.60 bits per heavy atom. The van der Waals surface area contributed by atoms with Gasteiger partial charge >= 0.3 is 12.0 Å². The second kappa shape index (κ2) is 13.9. The van der Waals surface area contributed by atoms with E-state index in [1.165, 1.54) is 13.3 Å². The van der Waals surface area contributed by atoms with Gasteiger partial charge in [0, 0.05) is 16.3 Å². The van der Waals surface area contributed by atoms with Crippen molar-refractivity contribution < 1.29 is 33.3 Å². The Bertz CT molecular complexity index is 1340. The quantitative estimate of drug-likeness (QED) is 0.198. The average Bonchev–Trinajstić information content (AvgIpc) is 2.88. The van der Waals surface area contributed by atoms with Crippen molar-refractivity contribution in [3.63, 3.8) is 0 Å². The summed E-state index contributed by atoms with van der Waals surface area (Å²) in [6, 6.07) is 6.74. The molecule has 214 valence electrons. The second-order valence-electron chi connectivity index (χ2n) is 8.76. The number of hydrogen-bond acceptors (Lipinski definition) is 8. The van der Waals surface area contributed by atoms with Crippen LogP contribution in [0.2, 0.25) is 10.0 Å². The number of urea groups is 1. The number of hydrogen-bond donors (Lipinski definition) is 3. The molecule has 1 aliphatic heterocycles. The summed E-state index contributed by atoms with van der Waals surface area (Å²) in [5.41, 5.74) is 4.05. The summed E-state index contributed by atoms with van der Waals surface area (Å²) in [6.07, 6.45) is 1.23. The zero-order valence-corrected chi connectivity index (χ0v) is 24.1. The van der Waals surface area contributed by atoms with Gasteiger partial charge < -0.3 is 29.6 Å². The molecule has 11 nitrogen and oxygen atoms in total. The number of carbonyl (C=O) groups excluding carboxylic acids is 3. The summed E-state index contributed by atoms with van der Waals surface area (Å²) >= 11 is 12.3. The Morgan fingerprint density at radius 1 is 1.18 bits per heavy atom. The Balaban J connectivity index is 1.70. The molecule has 0 aliphatic carbocycles. The molecular weight excluding hydrogens is 563 g/mol. The minimum Gasteiger partial charge on any atom is -0.493 e. The summed E-state index contributed by atoms with van der Waals surface area (Å²) in [5.74, 6) is -0.168. The number of nitrogens with one attached hydrogen (secondary N) is 3. The van der Waals surface area contributed by atoms with Crippen LogP contribution in [0, 0.1) is 0 Å². The first kappa shape index (κ1) is 30.6. The smallest absolute Gasteiger partial charge is 0.338 e. The first-order valence-electron chi connectivity index (χ1n) is 12.3. The fourth-order valence-electron chi connectivity index (χ4n) is 3.79. The summed E-state index contributed by atoms with van der Waals surface area (Å²) in [5, 5.41) is 9.95. The molecule has 0 unspecified atom stereocenters. The molecule has 13 heteroatoms. The van der Waals surface area contributed by atoms with Crippen LogP contribution in [0.3, 0.4) is 0 Å². The number of halogens is 2. The molecule has 0 aromatic heterocycles. The molecule has 3 N–H and O–H groups in total. The fraction of sp³-hybridized carbons (Fsp3) is 0.333. The average molecular weight is 593 g/mol. The van der Waals surface area contributed by atoms with Gasteiger partial charge in [-0.2, -0.15) is 5.10 Å². The summed E-state index contributed by atoms with van der Waals surface area (Å²) in [6.45, 7) is 6.82. The minimum absolute atomic E-state index is 0.141. The molecule has 2 aromatic rings. The van der Waals surface area contributed by atoms with Crippen LogP contribution in [0.15, 0.2) is 46.7 Å². The number of hydrazone groups is 1. The molecule has 0 saturated carbocycles. The lowest BCUT2D eigenvalue weighted by atomic mass is 9.95. The maximum Gasteiger partial charge on any atom is 0.338 e. The Kier molecular flexibility index (Phi) is 10.6. The van der Waals surface area contributed by atoms with Crippen molar-refractivity contribution in [2.45, 2.75) is 39.8 Å². The van der Waals surface area contributed by atoms with Crippen LogP contribution in [0.4, 0.5) is 4.79 Å². The van der Waals surface area contributed by atoms with E-state index in [0.717, 1.165) is 0 Å². The fourth-order valence-corrected chi connectivity index (χ4v) is 4.35. The third-order valence-corrected chi connectivity index (χ3v) is 5.93. The summed E-state index contributed by atoms with van der Waals surface area (Å²) in [7, 11) is 1.43. The van der Waals surface area contributed by atoms with Crippen molar-refractivity contribution >= 4 is 47.3 Å². The van der Waals surface area contributed by atoms with Crippen LogP contribution in [0.5, 0.6) is 17.2 Å². The van der Waals surface area contributed by atoms with Crippen LogP contribution >= 0.6 is 23.2 Å². The van der Waals surface area contributed by atoms with Crippen molar-refractivity contribution in [2.24, 2.45) is 5.10 Å². The molecule has 2 aromatic carbocycles. The van der Waals surface area contributed by atoms with Crippen molar-refractivity contribution in [1.29, 1.82) is 0 Å². The van der Waals surface area contributed by atoms with E-state index < -0.39 is 23.9 Å². The van der Waals surface area contributed by atoms with E-state index >= 15 is 0 Å². The van der Waals surface area contributed by atoms with Gasteiger partial charge in [0.1, 0.15) is 5.75 Å². The molecule has 0 radical (unpaired) electrons. The van der Waals surface area contributed by atoms with Crippen LogP contribution in [-0.4, -0.2) is 50.5 Å². The van der Waals surface area contributed by atoms with Gasteiger partial charge in [-0.25, -0.2) is 15.0 Å². The maximum absolute atomic E-state index is 12.6. The Hall–Kier alpha value is -3.96. The molecule has 0 saturated heterocycles. The Morgan fingerprint density at radius 2 is 1.93 bits per heavy atom. The van der Waals surface area contributed by atoms with Gasteiger partial charge in [0.15, 0.2) is 18.1 Å². The van der Waals surface area contributed by atoms with Gasteiger partial charge in [-0.05, 0) is 57.5 Å². The predicted octanol–water partition coefficient (Wildman–Crippen LogP) is 4.51. The summed E-state index contributed by atoms with van der Waals surface area (Å²) < 4.78 is 21.9. The number of amides is 3. The number of benzene rings is 2. The Labute approximate surface area is 241 Å². The predicted molar refractivity (Wildman–Crippen MR) is 150 cm³/mol. The first-order valence-corrected chi connectivity index (χ1v) is 13.0. The molecule has 40 heavy (non-hydrogen) atoms. The molecule has 3 rings (SSSR count). The van der Waals surface area contributed by atoms with Crippen molar-refractivity contribution in [3.8, 4) is 17.2 Å². The van der Waals surface area contributed by atoms with Crippen LogP contribution in [0.25, 0.3) is 0 Å². The molecule has 0 bridgehead atoms. The third-order valence-electron chi connectivity index (χ3n) is 5.43. The molecule has 0 spiro atoms. The van der Waals surface area contributed by atoms with Gasteiger partial charge in [0.25, 0.3) is 5.91 Å². The van der Waals surface area contributed by atoms with Crippen LogP contribution in [-0.2, 0) is 14.3 Å². The van der Waals surface area contributed by atoms with E-state index in [9.17, 15) is 14.4 Å². The van der Waals surface area contributed by atoms with Crippen LogP contribution in [0.1, 0.15) is 44.9 Å². The lowest BCUT2D eigenvalue weighted by Crippen LogP contribution is -2.45. The highest BCUT2D eigenvalue weighted by atomic mass is 35.5. The number of carbonyl (C=O) groups is 3. The van der Waals surface area contributed by atoms with Crippen LogP contribution < -0.4 is 30.3 Å². The standard InChI is InChI=1S/C27H30Cl2N4O7/c1-6-38-26(35)23-15(4)31-27(36)32-24(23)16-7-8-20(21(10-16)37-5)39-13-22(34)33-30-12-17-9-18(28)11-19(29)25(17)40-14(2)3/h7-12,14,24H,6,13H2,1-5H3,(H,33,34)(H2,31,32,36)/b30-12+/t24-/m1/s1. The van der Waals surface area contributed by atoms with Gasteiger partial charge in [-0.3, -0.25) is 4.79 Å². The number of esters is 1. The number of ether oxygens (including phenoxy) is 4. The van der Waals surface area contributed by atoms with Gasteiger partial charge in [-0.15, -0.1) is 0 Å². The lowest BCUT2D eigenvalue weighted by Gasteiger charge is -2.28. The maximum atomic E-state index is 12.6. The molecule has 1 heterocycles. The molecule has 3 amide bonds. The number of methoxy groups -OCH3 is 1. The van der Waals surface area contributed by atoms with Gasteiger partial charge in [0.05, 0.1) is 42.7 Å². The third kappa shape index (κ3) is 7.80. The van der Waals surface area contributed by atoms with Crippen molar-refractivity contribution in [2.75, 3.05) is 20.3 Å². The first-order chi connectivity index (χ1) is 19.0. The normalized spacial score (nSPS) is 15.0. The van der Waals surface area contributed by atoms with E-state index in [1.807, 2.05) is 13.8 Å². The van der Waals surface area contributed by atoms with Crippen molar-refractivity contribution in [3.05, 3.63) is 62.8 Å². The molecular formula is C27H30Cl2N4O7.